The van der Waals surface area contributed by atoms with Crippen LogP contribution >= 0.6 is 0 Å². The number of likely N-dealkylation sites (tertiary alicyclic amines) is 1. The molecule has 8 heteroatoms. The number of hydrogen-bond donors (Lipinski definition) is 2. The van der Waals surface area contributed by atoms with Gasteiger partial charge in [0.25, 0.3) is 5.91 Å². The standard InChI is InChI=1S/C25H29N5O3/c1-16-11-17(2)13-20(12-16)25(32)30-10-4-5-19(15-30)24(31)26-14-22-27-23(29-28-22)18-6-8-21(33-3)9-7-18/h6-9,11-13,19H,4-5,10,14-15H2,1-3H3,(H,26,31)(H,27,28,29). The summed E-state index contributed by atoms with van der Waals surface area (Å²) < 4.78 is 5.17. The molecule has 0 aliphatic carbocycles. The Bertz CT molecular complexity index is 1120. The van der Waals surface area contributed by atoms with Crippen molar-refractivity contribution in [2.24, 2.45) is 5.92 Å². The van der Waals surface area contributed by atoms with Gasteiger partial charge in [-0.3, -0.25) is 14.7 Å². The number of carbonyl (C=O) groups is 2. The number of amides is 2. The molecule has 2 amide bonds. The highest BCUT2D eigenvalue weighted by Gasteiger charge is 2.29. The van der Waals surface area contributed by atoms with Gasteiger partial charge in [0.1, 0.15) is 11.6 Å². The normalized spacial score (nSPS) is 15.8. The first-order valence-electron chi connectivity index (χ1n) is 11.1. The van der Waals surface area contributed by atoms with E-state index in [9.17, 15) is 9.59 Å². The fourth-order valence-corrected chi connectivity index (χ4v) is 4.22. The van der Waals surface area contributed by atoms with Gasteiger partial charge in [0.2, 0.25) is 5.91 Å². The Labute approximate surface area is 193 Å². The van der Waals surface area contributed by atoms with Gasteiger partial charge in [-0.25, -0.2) is 4.98 Å². The molecule has 2 heterocycles. The number of ether oxygens (including phenoxy) is 1. The summed E-state index contributed by atoms with van der Waals surface area (Å²) in [5.74, 6) is 1.57. The Morgan fingerprint density at radius 3 is 2.58 bits per heavy atom. The molecule has 3 aromatic rings. The maximum atomic E-state index is 13.0. The third-order valence-corrected chi connectivity index (χ3v) is 5.86. The monoisotopic (exact) mass is 447 g/mol. The minimum absolute atomic E-state index is 0.0151. The summed E-state index contributed by atoms with van der Waals surface area (Å²) in [6.45, 7) is 5.32. The number of aromatic amines is 1. The van der Waals surface area contributed by atoms with E-state index in [1.54, 1.807) is 12.0 Å². The van der Waals surface area contributed by atoms with Crippen molar-refractivity contribution in [3.63, 3.8) is 0 Å². The maximum absolute atomic E-state index is 13.0. The molecule has 1 atom stereocenters. The fourth-order valence-electron chi connectivity index (χ4n) is 4.22. The van der Waals surface area contributed by atoms with Gasteiger partial charge in [0, 0.05) is 24.2 Å². The van der Waals surface area contributed by atoms with E-state index >= 15 is 0 Å². The highest BCUT2D eigenvalue weighted by molar-refractivity contribution is 5.95. The van der Waals surface area contributed by atoms with Gasteiger partial charge in [-0.1, -0.05) is 17.2 Å². The highest BCUT2D eigenvalue weighted by Crippen LogP contribution is 2.21. The lowest BCUT2D eigenvalue weighted by Crippen LogP contribution is -2.45. The van der Waals surface area contributed by atoms with Crippen LogP contribution in [0.3, 0.4) is 0 Å². The quantitative estimate of drug-likeness (QED) is 0.604. The predicted octanol–water partition coefficient (Wildman–Crippen LogP) is 3.27. The summed E-state index contributed by atoms with van der Waals surface area (Å²) in [7, 11) is 1.62. The third kappa shape index (κ3) is 5.39. The van der Waals surface area contributed by atoms with Crippen molar-refractivity contribution in [3.8, 4) is 17.1 Å². The second kappa shape index (κ2) is 9.85. The summed E-state index contributed by atoms with van der Waals surface area (Å²) in [6.07, 6.45) is 1.56. The van der Waals surface area contributed by atoms with Gasteiger partial charge >= 0.3 is 0 Å². The van der Waals surface area contributed by atoms with E-state index in [1.165, 1.54) is 0 Å². The largest absolute Gasteiger partial charge is 0.497 e. The molecule has 4 rings (SSSR count). The van der Waals surface area contributed by atoms with Crippen LogP contribution in [0.1, 0.15) is 40.2 Å². The van der Waals surface area contributed by atoms with Crippen molar-refractivity contribution in [3.05, 3.63) is 65.0 Å². The summed E-state index contributed by atoms with van der Waals surface area (Å²) in [5, 5.41) is 10.1. The van der Waals surface area contributed by atoms with E-state index < -0.39 is 0 Å². The van der Waals surface area contributed by atoms with Gasteiger partial charge < -0.3 is 15.0 Å². The molecule has 0 saturated carbocycles. The number of piperidine rings is 1. The van der Waals surface area contributed by atoms with Crippen LogP contribution in [0.4, 0.5) is 0 Å². The summed E-state index contributed by atoms with van der Waals surface area (Å²) in [5.41, 5.74) is 3.66. The molecule has 1 unspecified atom stereocenters. The van der Waals surface area contributed by atoms with Gasteiger partial charge in [0.15, 0.2) is 5.82 Å². The fraction of sp³-hybridized carbons (Fsp3) is 0.360. The van der Waals surface area contributed by atoms with Crippen LogP contribution in [0.15, 0.2) is 42.5 Å². The predicted molar refractivity (Wildman–Crippen MR) is 125 cm³/mol. The zero-order valence-corrected chi connectivity index (χ0v) is 19.2. The van der Waals surface area contributed by atoms with Gasteiger partial charge in [-0.2, -0.15) is 5.10 Å². The number of methoxy groups -OCH3 is 1. The summed E-state index contributed by atoms with van der Waals surface area (Å²) in [6, 6.07) is 13.3. The van der Waals surface area contributed by atoms with Crippen molar-refractivity contribution in [1.29, 1.82) is 0 Å². The van der Waals surface area contributed by atoms with Gasteiger partial charge in [-0.05, 0) is 63.1 Å². The first-order chi connectivity index (χ1) is 15.9. The zero-order chi connectivity index (χ0) is 23.4. The van der Waals surface area contributed by atoms with Crippen molar-refractivity contribution in [2.45, 2.75) is 33.2 Å². The van der Waals surface area contributed by atoms with E-state index in [-0.39, 0.29) is 24.3 Å². The van der Waals surface area contributed by atoms with Crippen molar-refractivity contribution >= 4 is 11.8 Å². The number of benzene rings is 2. The summed E-state index contributed by atoms with van der Waals surface area (Å²) in [4.78, 5) is 32.1. The third-order valence-electron chi connectivity index (χ3n) is 5.86. The Morgan fingerprint density at radius 1 is 1.15 bits per heavy atom. The Balaban J connectivity index is 1.34. The Morgan fingerprint density at radius 2 is 1.88 bits per heavy atom. The molecule has 33 heavy (non-hydrogen) atoms. The molecule has 1 saturated heterocycles. The molecule has 1 fully saturated rings. The van der Waals surface area contributed by atoms with Crippen molar-refractivity contribution in [1.82, 2.24) is 25.4 Å². The molecule has 2 N–H and O–H groups in total. The van der Waals surface area contributed by atoms with E-state index in [1.807, 2.05) is 56.3 Å². The van der Waals surface area contributed by atoms with Crippen LogP contribution < -0.4 is 10.1 Å². The van der Waals surface area contributed by atoms with Crippen LogP contribution in [0.2, 0.25) is 0 Å². The minimum Gasteiger partial charge on any atom is -0.497 e. The molecular formula is C25H29N5O3. The second-order valence-corrected chi connectivity index (χ2v) is 8.52. The molecule has 0 spiro atoms. The number of nitrogens with zero attached hydrogens (tertiary/aromatic N) is 3. The van der Waals surface area contributed by atoms with Crippen LogP contribution in [-0.4, -0.2) is 52.1 Å². The first kappa shape index (κ1) is 22.5. The molecule has 1 aromatic heterocycles. The topological polar surface area (TPSA) is 100 Å². The van der Waals surface area contributed by atoms with E-state index in [4.69, 9.17) is 4.74 Å². The average Bonchev–Trinajstić information content (AvgIpc) is 3.30. The first-order valence-corrected chi connectivity index (χ1v) is 11.1. The maximum Gasteiger partial charge on any atom is 0.253 e. The second-order valence-electron chi connectivity index (χ2n) is 8.52. The van der Waals surface area contributed by atoms with E-state index in [0.717, 1.165) is 35.3 Å². The highest BCUT2D eigenvalue weighted by atomic mass is 16.5. The minimum atomic E-state index is -0.238. The number of nitrogens with one attached hydrogen (secondary N) is 2. The van der Waals surface area contributed by atoms with Gasteiger partial charge in [-0.15, -0.1) is 0 Å². The zero-order valence-electron chi connectivity index (χ0n) is 19.2. The molecule has 0 radical (unpaired) electrons. The number of rotatable bonds is 6. The number of H-pyrrole nitrogens is 1. The van der Waals surface area contributed by atoms with Crippen LogP contribution in [0.25, 0.3) is 11.4 Å². The number of aromatic nitrogens is 3. The van der Waals surface area contributed by atoms with Crippen LogP contribution in [0.5, 0.6) is 5.75 Å². The molecule has 1 aliphatic heterocycles. The number of aryl methyl sites for hydroxylation is 2. The lowest BCUT2D eigenvalue weighted by molar-refractivity contribution is -0.126. The van der Waals surface area contributed by atoms with Crippen LogP contribution in [-0.2, 0) is 11.3 Å². The van der Waals surface area contributed by atoms with E-state index in [2.05, 4.69) is 20.5 Å². The Hall–Kier alpha value is -3.68. The molecule has 8 nitrogen and oxygen atoms in total. The van der Waals surface area contributed by atoms with E-state index in [0.29, 0.717) is 30.3 Å². The molecule has 172 valence electrons. The Kier molecular flexibility index (Phi) is 6.72. The molecular weight excluding hydrogens is 418 g/mol. The lowest BCUT2D eigenvalue weighted by atomic mass is 9.96. The van der Waals surface area contributed by atoms with Crippen LogP contribution in [0, 0.1) is 19.8 Å². The molecule has 2 aromatic carbocycles. The smallest absolute Gasteiger partial charge is 0.253 e. The number of hydrogen-bond acceptors (Lipinski definition) is 5. The average molecular weight is 448 g/mol. The SMILES string of the molecule is COc1ccc(-c2n[nH]c(CNC(=O)C3CCCN(C(=O)c4cc(C)cc(C)c4)C3)n2)cc1. The van der Waals surface area contributed by atoms with Crippen molar-refractivity contribution < 1.29 is 14.3 Å². The van der Waals surface area contributed by atoms with Crippen molar-refractivity contribution in [2.75, 3.05) is 20.2 Å². The lowest BCUT2D eigenvalue weighted by Gasteiger charge is -2.32. The van der Waals surface area contributed by atoms with Gasteiger partial charge in [0.05, 0.1) is 19.6 Å². The molecule has 0 bridgehead atoms. The summed E-state index contributed by atoms with van der Waals surface area (Å²) >= 11 is 0. The molecule has 1 aliphatic rings. The number of carbonyl (C=O) groups excluding carboxylic acids is 2.